The summed E-state index contributed by atoms with van der Waals surface area (Å²) in [6.07, 6.45) is -2.73. The summed E-state index contributed by atoms with van der Waals surface area (Å²) in [5, 5.41) is 7.48. The van der Waals surface area contributed by atoms with Crippen molar-refractivity contribution in [3.8, 4) is 22.9 Å². The molecule has 2 aromatic carbocycles. The predicted octanol–water partition coefficient (Wildman–Crippen LogP) is 4.51. The van der Waals surface area contributed by atoms with Crippen molar-refractivity contribution in [1.29, 1.82) is 0 Å². The second kappa shape index (κ2) is 14.4. The van der Waals surface area contributed by atoms with Crippen LogP contribution in [0.3, 0.4) is 0 Å². The number of benzene rings is 2. The summed E-state index contributed by atoms with van der Waals surface area (Å²) in [5.41, 5.74) is -0.926. The smallest absolute Gasteiger partial charge is 0.420 e. The molecule has 262 valence electrons. The fraction of sp³-hybridized carbons (Fsp3) is 0.576. The van der Waals surface area contributed by atoms with Crippen LogP contribution in [0.2, 0.25) is 0 Å². The molecule has 3 aromatic rings. The summed E-state index contributed by atoms with van der Waals surface area (Å²) in [7, 11) is -3.79. The standard InChI is InChI=1S/C33H43F3N6O5S/c1-24(2)21-48(43,44)29-6-4-3-5-28(29)46-27-8-7-25(19-26(27)33(34,35)36)31-38-30(47-39-31)20-41-22-32(9-11-37-12-10-32)42(23-41)14-13-40-15-17-45-18-16-40/h3-8,19,24,37H,9-18,20-23H2,1-2H3. The Morgan fingerprint density at radius 1 is 1.02 bits per heavy atom. The van der Waals surface area contributed by atoms with Gasteiger partial charge in [-0.2, -0.15) is 18.2 Å². The summed E-state index contributed by atoms with van der Waals surface area (Å²) in [6.45, 7) is 12.7. The molecule has 1 aromatic heterocycles. The average Bonchev–Trinajstić information content (AvgIpc) is 3.64. The van der Waals surface area contributed by atoms with E-state index in [1.807, 2.05) is 0 Å². The molecule has 48 heavy (non-hydrogen) atoms. The SMILES string of the molecule is CC(C)CS(=O)(=O)c1ccccc1Oc1ccc(-c2noc(CN3CN(CCN4CCOCC4)C4(CCNCC4)C3)n2)cc1C(F)(F)F. The Balaban J connectivity index is 1.18. The van der Waals surface area contributed by atoms with Crippen LogP contribution in [0, 0.1) is 5.92 Å². The summed E-state index contributed by atoms with van der Waals surface area (Å²) >= 11 is 0. The van der Waals surface area contributed by atoms with E-state index in [-0.39, 0.29) is 39.2 Å². The lowest BCUT2D eigenvalue weighted by Gasteiger charge is -2.42. The number of hydrogen-bond donors (Lipinski definition) is 1. The van der Waals surface area contributed by atoms with Gasteiger partial charge in [-0.3, -0.25) is 14.7 Å². The fourth-order valence-electron chi connectivity index (χ4n) is 6.87. The Kier molecular flexibility index (Phi) is 10.4. The number of sulfone groups is 1. The molecule has 3 saturated heterocycles. The molecule has 3 aliphatic rings. The van der Waals surface area contributed by atoms with E-state index >= 15 is 0 Å². The van der Waals surface area contributed by atoms with Gasteiger partial charge in [0.05, 0.1) is 37.7 Å². The number of nitrogens with zero attached hydrogens (tertiary/aromatic N) is 5. The molecule has 0 radical (unpaired) electrons. The molecule has 1 spiro atoms. The maximum absolute atomic E-state index is 14.3. The Morgan fingerprint density at radius 3 is 2.50 bits per heavy atom. The first-order valence-electron chi connectivity index (χ1n) is 16.4. The maximum Gasteiger partial charge on any atom is 0.420 e. The number of alkyl halides is 3. The number of nitrogens with one attached hydrogen (secondary N) is 1. The second-order valence-electron chi connectivity index (χ2n) is 13.3. The van der Waals surface area contributed by atoms with Crippen molar-refractivity contribution in [2.24, 2.45) is 5.92 Å². The van der Waals surface area contributed by atoms with Gasteiger partial charge in [0, 0.05) is 43.8 Å². The Labute approximate surface area is 279 Å². The third-order valence-electron chi connectivity index (χ3n) is 9.21. The van der Waals surface area contributed by atoms with Crippen LogP contribution in [-0.4, -0.2) is 110 Å². The Hall–Kier alpha value is -3.08. The van der Waals surface area contributed by atoms with Crippen molar-refractivity contribution < 1.29 is 35.6 Å². The molecule has 15 heteroatoms. The molecule has 0 bridgehead atoms. The molecule has 0 atom stereocenters. The second-order valence-corrected chi connectivity index (χ2v) is 15.3. The molecule has 1 N–H and O–H groups in total. The van der Waals surface area contributed by atoms with Crippen molar-refractivity contribution in [3.63, 3.8) is 0 Å². The summed E-state index contributed by atoms with van der Waals surface area (Å²) in [5.74, 6) is -0.689. The number of halogens is 3. The van der Waals surface area contributed by atoms with Gasteiger partial charge >= 0.3 is 6.18 Å². The zero-order chi connectivity index (χ0) is 33.9. The van der Waals surface area contributed by atoms with Crippen LogP contribution in [0.25, 0.3) is 11.4 Å². The van der Waals surface area contributed by atoms with Crippen LogP contribution in [0.1, 0.15) is 38.1 Å². The number of hydrogen-bond acceptors (Lipinski definition) is 11. The van der Waals surface area contributed by atoms with E-state index in [9.17, 15) is 21.6 Å². The number of morpholine rings is 1. The van der Waals surface area contributed by atoms with Crippen LogP contribution in [0.4, 0.5) is 13.2 Å². The molecule has 6 rings (SSSR count). The highest BCUT2D eigenvalue weighted by atomic mass is 32.2. The quantitative estimate of drug-likeness (QED) is 0.307. The van der Waals surface area contributed by atoms with Gasteiger partial charge in [-0.15, -0.1) is 0 Å². The largest absolute Gasteiger partial charge is 0.455 e. The average molecular weight is 693 g/mol. The van der Waals surface area contributed by atoms with E-state index in [4.69, 9.17) is 14.0 Å². The Bertz CT molecular complexity index is 1660. The normalized spacial score (nSPS) is 19.8. The van der Waals surface area contributed by atoms with Crippen molar-refractivity contribution >= 4 is 9.84 Å². The molecular formula is C33H43F3N6O5S. The van der Waals surface area contributed by atoms with Crippen molar-refractivity contribution in [1.82, 2.24) is 30.2 Å². The monoisotopic (exact) mass is 692 g/mol. The number of para-hydroxylation sites is 1. The molecule has 0 unspecified atom stereocenters. The van der Waals surface area contributed by atoms with Crippen molar-refractivity contribution in [2.75, 3.05) is 71.4 Å². The highest BCUT2D eigenvalue weighted by Gasteiger charge is 2.45. The van der Waals surface area contributed by atoms with Gasteiger partial charge in [0.1, 0.15) is 16.4 Å². The highest BCUT2D eigenvalue weighted by Crippen LogP contribution is 2.41. The van der Waals surface area contributed by atoms with Gasteiger partial charge in [-0.05, 0) is 62.2 Å². The first-order valence-corrected chi connectivity index (χ1v) is 18.1. The lowest BCUT2D eigenvalue weighted by Crippen LogP contribution is -2.54. The minimum atomic E-state index is -4.80. The first-order chi connectivity index (χ1) is 22.9. The fourth-order valence-corrected chi connectivity index (χ4v) is 8.63. The molecule has 0 amide bonds. The molecule has 11 nitrogen and oxygen atoms in total. The first kappa shape index (κ1) is 34.8. The van der Waals surface area contributed by atoms with Crippen LogP contribution in [0.5, 0.6) is 11.5 Å². The lowest BCUT2D eigenvalue weighted by molar-refractivity contribution is -0.138. The van der Waals surface area contributed by atoms with Gasteiger partial charge in [-0.25, -0.2) is 8.42 Å². The third-order valence-corrected chi connectivity index (χ3v) is 11.3. The van der Waals surface area contributed by atoms with E-state index in [2.05, 4.69) is 30.2 Å². The van der Waals surface area contributed by atoms with Crippen LogP contribution in [0.15, 0.2) is 51.9 Å². The summed E-state index contributed by atoms with van der Waals surface area (Å²) in [4.78, 5) is 11.6. The van der Waals surface area contributed by atoms with Gasteiger partial charge in [-0.1, -0.05) is 31.1 Å². The van der Waals surface area contributed by atoms with E-state index in [0.717, 1.165) is 90.7 Å². The maximum atomic E-state index is 14.3. The molecular weight excluding hydrogens is 649 g/mol. The van der Waals surface area contributed by atoms with Gasteiger partial charge in [0.15, 0.2) is 9.84 Å². The molecule has 0 saturated carbocycles. The summed E-state index contributed by atoms with van der Waals surface area (Å²) in [6, 6.07) is 9.20. The lowest BCUT2D eigenvalue weighted by atomic mass is 9.87. The van der Waals surface area contributed by atoms with E-state index in [1.54, 1.807) is 13.8 Å². The Morgan fingerprint density at radius 2 is 1.77 bits per heavy atom. The van der Waals surface area contributed by atoms with E-state index < -0.39 is 27.3 Å². The van der Waals surface area contributed by atoms with Crippen LogP contribution < -0.4 is 10.1 Å². The van der Waals surface area contributed by atoms with Gasteiger partial charge in [0.25, 0.3) is 0 Å². The van der Waals surface area contributed by atoms with Crippen molar-refractivity contribution in [2.45, 2.75) is 49.8 Å². The zero-order valence-corrected chi connectivity index (χ0v) is 28.2. The molecule has 0 aliphatic carbocycles. The topological polar surface area (TPSA) is 113 Å². The van der Waals surface area contributed by atoms with Crippen molar-refractivity contribution in [3.05, 3.63) is 53.9 Å². The predicted molar refractivity (Wildman–Crippen MR) is 172 cm³/mol. The number of piperidine rings is 1. The number of rotatable bonds is 11. The minimum absolute atomic E-state index is 0.0295. The van der Waals surface area contributed by atoms with Gasteiger partial charge < -0.3 is 19.3 Å². The molecule has 4 heterocycles. The zero-order valence-electron chi connectivity index (χ0n) is 27.3. The molecule has 3 fully saturated rings. The van der Waals surface area contributed by atoms with Crippen LogP contribution in [-0.2, 0) is 27.3 Å². The van der Waals surface area contributed by atoms with Crippen LogP contribution >= 0.6 is 0 Å². The van der Waals surface area contributed by atoms with E-state index in [1.165, 1.54) is 30.3 Å². The number of aromatic nitrogens is 2. The highest BCUT2D eigenvalue weighted by molar-refractivity contribution is 7.91. The third kappa shape index (κ3) is 8.03. The van der Waals surface area contributed by atoms with E-state index in [0.29, 0.717) is 12.4 Å². The molecule has 3 aliphatic heterocycles. The minimum Gasteiger partial charge on any atom is -0.455 e. The van der Waals surface area contributed by atoms with Gasteiger partial charge in [0.2, 0.25) is 11.7 Å². The number of ether oxygens (including phenoxy) is 2. The summed E-state index contributed by atoms with van der Waals surface area (Å²) < 4.78 is 85.6.